The number of aromatic nitrogens is 3. The van der Waals surface area contributed by atoms with E-state index in [2.05, 4.69) is 0 Å². The van der Waals surface area contributed by atoms with Crippen molar-refractivity contribution < 1.29 is 36.7 Å². The second-order valence-corrected chi connectivity index (χ2v) is 11.3. The van der Waals surface area contributed by atoms with E-state index in [1.54, 1.807) is 34.7 Å². The summed E-state index contributed by atoms with van der Waals surface area (Å²) in [5.74, 6) is 0.312. The number of piperidine rings is 1. The molecule has 1 saturated heterocycles. The third kappa shape index (κ3) is 5.20. The number of benzene rings is 1. The van der Waals surface area contributed by atoms with Gasteiger partial charge in [-0.3, -0.25) is 9.36 Å². The highest BCUT2D eigenvalue weighted by molar-refractivity contribution is 6.03. The van der Waals surface area contributed by atoms with Crippen molar-refractivity contribution in [2.75, 3.05) is 20.2 Å². The zero-order valence-corrected chi connectivity index (χ0v) is 23.5. The molecular formula is C28H32F3N5O5. The van der Waals surface area contributed by atoms with Crippen LogP contribution in [0.2, 0.25) is 0 Å². The van der Waals surface area contributed by atoms with E-state index in [9.17, 15) is 22.8 Å². The van der Waals surface area contributed by atoms with Gasteiger partial charge in [0, 0.05) is 24.5 Å². The molecule has 13 heteroatoms. The zero-order valence-electron chi connectivity index (χ0n) is 23.5. The normalized spacial score (nSPS) is 16.5. The molecule has 1 aliphatic heterocycles. The van der Waals surface area contributed by atoms with Gasteiger partial charge in [0.05, 0.1) is 31.1 Å². The Labute approximate surface area is 233 Å². The van der Waals surface area contributed by atoms with Crippen LogP contribution >= 0.6 is 0 Å². The standard InChI is InChI=1S/C28H32F3N5O5/c1-27(2,3)20-17(24(37)35-9-6-7-16(13-35)41-26(32)38)12-19(39-5)22-21(20)33-23(34(22)4)18-11-15-8-10-40-25(15)36(18)14-28(29,30)31/h8,10-12,16H,6-7,9,13-14H2,1-5H3,(H2,32,38). The van der Waals surface area contributed by atoms with Crippen LogP contribution in [0.25, 0.3) is 33.7 Å². The predicted octanol–water partition coefficient (Wildman–Crippen LogP) is 5.36. The van der Waals surface area contributed by atoms with Gasteiger partial charge in [-0.25, -0.2) is 9.78 Å². The summed E-state index contributed by atoms with van der Waals surface area (Å²) in [6, 6.07) is 4.85. The number of aryl methyl sites for hydroxylation is 1. The average molecular weight is 576 g/mol. The number of carbonyl (C=O) groups is 2. The lowest BCUT2D eigenvalue weighted by atomic mass is 9.82. The minimum absolute atomic E-state index is 0.0843. The number of methoxy groups -OCH3 is 1. The van der Waals surface area contributed by atoms with Crippen LogP contribution in [-0.2, 0) is 23.7 Å². The summed E-state index contributed by atoms with van der Waals surface area (Å²) >= 11 is 0. The number of furan rings is 1. The summed E-state index contributed by atoms with van der Waals surface area (Å²) in [5, 5.41) is 0.507. The molecule has 1 atom stereocenters. The highest BCUT2D eigenvalue weighted by Gasteiger charge is 2.35. The number of alkyl halides is 3. The lowest BCUT2D eigenvalue weighted by molar-refractivity contribution is -0.140. The van der Waals surface area contributed by atoms with Gasteiger partial charge in [0.2, 0.25) is 5.71 Å². The van der Waals surface area contributed by atoms with Gasteiger partial charge in [-0.2, -0.15) is 13.2 Å². The Kier molecular flexibility index (Phi) is 6.94. The second-order valence-electron chi connectivity index (χ2n) is 11.3. The van der Waals surface area contributed by atoms with Gasteiger partial charge < -0.3 is 29.1 Å². The number of fused-ring (bicyclic) bond motifs is 2. The highest BCUT2D eigenvalue weighted by Crippen LogP contribution is 2.41. The Morgan fingerprint density at radius 1 is 1.22 bits per heavy atom. The zero-order chi connectivity index (χ0) is 29.9. The molecule has 220 valence electrons. The van der Waals surface area contributed by atoms with Crippen LogP contribution < -0.4 is 10.5 Å². The van der Waals surface area contributed by atoms with Crippen molar-refractivity contribution in [2.45, 2.75) is 57.9 Å². The molecule has 3 aromatic heterocycles. The molecule has 1 aliphatic rings. The van der Waals surface area contributed by atoms with Crippen molar-refractivity contribution in [1.82, 2.24) is 19.0 Å². The third-order valence-corrected chi connectivity index (χ3v) is 7.33. The number of carbonyl (C=O) groups excluding carboxylic acids is 2. The van der Waals surface area contributed by atoms with E-state index in [4.69, 9.17) is 24.6 Å². The number of likely N-dealkylation sites (tertiary alicyclic amines) is 1. The van der Waals surface area contributed by atoms with Crippen LogP contribution in [0.5, 0.6) is 5.75 Å². The Balaban J connectivity index is 1.71. The Hall–Kier alpha value is -4.16. The minimum Gasteiger partial charge on any atom is -0.494 e. The molecule has 0 saturated carbocycles. The smallest absolute Gasteiger partial charge is 0.406 e. The molecule has 1 fully saturated rings. The number of halogens is 3. The molecule has 5 rings (SSSR count). The van der Waals surface area contributed by atoms with E-state index in [1.165, 1.54) is 13.4 Å². The minimum atomic E-state index is -4.50. The summed E-state index contributed by atoms with van der Waals surface area (Å²) < 4.78 is 59.9. The number of hydrogen-bond donors (Lipinski definition) is 1. The molecule has 4 aromatic rings. The number of nitrogens with zero attached hydrogens (tertiary/aromatic N) is 4. The first-order chi connectivity index (χ1) is 19.2. The average Bonchev–Trinajstić information content (AvgIpc) is 3.55. The highest BCUT2D eigenvalue weighted by atomic mass is 19.4. The molecule has 41 heavy (non-hydrogen) atoms. The van der Waals surface area contributed by atoms with Crippen LogP contribution in [0.1, 0.15) is 49.5 Å². The number of rotatable bonds is 5. The van der Waals surface area contributed by atoms with Gasteiger partial charge in [-0.15, -0.1) is 0 Å². The molecule has 1 aromatic carbocycles. The second kappa shape index (κ2) is 10.0. The van der Waals surface area contributed by atoms with Gasteiger partial charge in [-0.05, 0) is 42.0 Å². The number of nitrogens with two attached hydrogens (primary N) is 1. The maximum atomic E-state index is 14.0. The van der Waals surface area contributed by atoms with Crippen molar-refractivity contribution in [3.05, 3.63) is 35.6 Å². The molecule has 1 unspecified atom stereocenters. The summed E-state index contributed by atoms with van der Waals surface area (Å²) in [6.45, 7) is 5.19. The predicted molar refractivity (Wildman–Crippen MR) is 145 cm³/mol. The molecule has 4 heterocycles. The van der Waals surface area contributed by atoms with Crippen LogP contribution in [-0.4, -0.2) is 63.5 Å². The monoisotopic (exact) mass is 575 g/mol. The Morgan fingerprint density at radius 2 is 1.95 bits per heavy atom. The summed E-state index contributed by atoms with van der Waals surface area (Å²) in [4.78, 5) is 31.8. The Morgan fingerprint density at radius 3 is 2.59 bits per heavy atom. The molecule has 0 radical (unpaired) electrons. The number of imidazole rings is 1. The van der Waals surface area contributed by atoms with Crippen LogP contribution in [0, 0.1) is 0 Å². The van der Waals surface area contributed by atoms with Gasteiger partial charge in [-0.1, -0.05) is 20.8 Å². The van der Waals surface area contributed by atoms with Crippen molar-refractivity contribution in [2.24, 2.45) is 12.8 Å². The Bertz CT molecular complexity index is 1640. The summed E-state index contributed by atoms with van der Waals surface area (Å²) in [6.07, 6.45) is -3.36. The van der Waals surface area contributed by atoms with E-state index in [0.717, 1.165) is 4.57 Å². The van der Waals surface area contributed by atoms with E-state index in [-0.39, 0.29) is 29.7 Å². The van der Waals surface area contributed by atoms with Crippen molar-refractivity contribution in [3.8, 4) is 17.3 Å². The topological polar surface area (TPSA) is 118 Å². The van der Waals surface area contributed by atoms with Gasteiger partial charge in [0.25, 0.3) is 5.91 Å². The quantitative estimate of drug-likeness (QED) is 0.343. The third-order valence-electron chi connectivity index (χ3n) is 7.33. The van der Waals surface area contributed by atoms with Crippen molar-refractivity contribution in [1.29, 1.82) is 0 Å². The van der Waals surface area contributed by atoms with Crippen molar-refractivity contribution in [3.63, 3.8) is 0 Å². The number of amides is 2. The molecule has 2 N–H and O–H groups in total. The fourth-order valence-electron chi connectivity index (χ4n) is 5.72. The molecular weight excluding hydrogens is 543 g/mol. The fourth-order valence-corrected chi connectivity index (χ4v) is 5.72. The SMILES string of the molecule is COc1cc(C(=O)N2CCCC(OC(N)=O)C2)c(C(C)(C)C)c2nc(-c3cc4ccoc4n3CC(F)(F)F)n(C)c12. The molecule has 0 aliphatic carbocycles. The molecule has 0 spiro atoms. The van der Waals surface area contributed by atoms with Gasteiger partial charge >= 0.3 is 12.3 Å². The van der Waals surface area contributed by atoms with E-state index in [0.29, 0.717) is 52.7 Å². The maximum absolute atomic E-state index is 14.0. The number of ether oxygens (including phenoxy) is 2. The summed E-state index contributed by atoms with van der Waals surface area (Å²) in [5.41, 5.74) is 6.86. The molecule has 2 amide bonds. The van der Waals surface area contributed by atoms with Crippen LogP contribution in [0.3, 0.4) is 0 Å². The van der Waals surface area contributed by atoms with E-state index < -0.39 is 30.3 Å². The van der Waals surface area contributed by atoms with E-state index >= 15 is 0 Å². The molecule has 0 bridgehead atoms. The van der Waals surface area contributed by atoms with Crippen LogP contribution in [0.4, 0.5) is 18.0 Å². The van der Waals surface area contributed by atoms with Gasteiger partial charge in [0.15, 0.2) is 5.82 Å². The lowest BCUT2D eigenvalue weighted by Gasteiger charge is -2.33. The first-order valence-corrected chi connectivity index (χ1v) is 13.2. The van der Waals surface area contributed by atoms with Crippen molar-refractivity contribution >= 4 is 34.1 Å². The first-order valence-electron chi connectivity index (χ1n) is 13.2. The fraction of sp³-hybridized carbons (Fsp3) is 0.464. The lowest BCUT2D eigenvalue weighted by Crippen LogP contribution is -2.45. The maximum Gasteiger partial charge on any atom is 0.406 e. The first kappa shape index (κ1) is 28.4. The van der Waals surface area contributed by atoms with Crippen LogP contribution in [0.15, 0.2) is 28.9 Å². The summed E-state index contributed by atoms with van der Waals surface area (Å²) in [7, 11) is 3.16. The largest absolute Gasteiger partial charge is 0.494 e. The number of hydrogen-bond acceptors (Lipinski definition) is 6. The number of primary amides is 1. The van der Waals surface area contributed by atoms with Gasteiger partial charge in [0.1, 0.15) is 23.9 Å². The molecule has 10 nitrogen and oxygen atoms in total. The van der Waals surface area contributed by atoms with E-state index in [1.807, 2.05) is 20.8 Å².